The zero-order valence-electron chi connectivity index (χ0n) is 11.0. The lowest BCUT2D eigenvalue weighted by molar-refractivity contribution is -0.143. The molecule has 0 radical (unpaired) electrons. The molecular formula is C13H24N2O3. The zero-order chi connectivity index (χ0) is 12.8. The predicted molar refractivity (Wildman–Crippen MR) is 68.2 cm³/mol. The largest absolute Gasteiger partial charge is 0.378 e. The molecule has 0 unspecified atom stereocenters. The van der Waals surface area contributed by atoms with Crippen LogP contribution in [0.15, 0.2) is 0 Å². The number of nitrogens with zero attached hydrogens (tertiary/aromatic N) is 1. The molecule has 5 nitrogen and oxygen atoms in total. The van der Waals surface area contributed by atoms with Crippen LogP contribution in [0.2, 0.25) is 0 Å². The average molecular weight is 256 g/mol. The third-order valence-electron chi connectivity index (χ3n) is 3.66. The Morgan fingerprint density at radius 2 is 2.11 bits per heavy atom. The highest BCUT2D eigenvalue weighted by Crippen LogP contribution is 2.19. The van der Waals surface area contributed by atoms with Gasteiger partial charge in [0.05, 0.1) is 6.10 Å². The fourth-order valence-electron chi connectivity index (χ4n) is 2.55. The molecule has 2 N–H and O–H groups in total. The number of hydrogen-bond donors (Lipinski definition) is 1. The summed E-state index contributed by atoms with van der Waals surface area (Å²) in [6.45, 7) is 3.74. The molecule has 2 aliphatic heterocycles. The molecule has 2 fully saturated rings. The van der Waals surface area contributed by atoms with E-state index in [1.54, 1.807) is 0 Å². The number of rotatable bonds is 5. The van der Waals surface area contributed by atoms with E-state index in [1.165, 1.54) is 0 Å². The monoisotopic (exact) mass is 256 g/mol. The number of carbonyl (C=O) groups is 1. The maximum absolute atomic E-state index is 12.1. The Morgan fingerprint density at radius 1 is 1.33 bits per heavy atom. The van der Waals surface area contributed by atoms with Gasteiger partial charge in [0.25, 0.3) is 5.91 Å². The molecule has 0 aromatic carbocycles. The molecule has 104 valence electrons. The Bertz CT molecular complexity index is 259. The summed E-state index contributed by atoms with van der Waals surface area (Å²) in [6, 6.07) is 0. The molecule has 18 heavy (non-hydrogen) atoms. The second-order valence-electron chi connectivity index (χ2n) is 5.04. The van der Waals surface area contributed by atoms with Gasteiger partial charge in [0.1, 0.15) is 6.10 Å². The van der Waals surface area contributed by atoms with Crippen molar-refractivity contribution in [1.29, 1.82) is 0 Å². The number of ether oxygens (including phenoxy) is 2. The van der Waals surface area contributed by atoms with Crippen molar-refractivity contribution in [3.8, 4) is 0 Å². The first-order valence-corrected chi connectivity index (χ1v) is 7.03. The van der Waals surface area contributed by atoms with Gasteiger partial charge in [-0.2, -0.15) is 0 Å². The Hall–Kier alpha value is -0.650. The van der Waals surface area contributed by atoms with Crippen LogP contribution in [0.25, 0.3) is 0 Å². The molecule has 2 heterocycles. The van der Waals surface area contributed by atoms with Gasteiger partial charge in [-0.25, -0.2) is 0 Å². The minimum Gasteiger partial charge on any atom is -0.378 e. The normalized spacial score (nSPS) is 25.6. The number of carbonyl (C=O) groups excluding carboxylic acids is 1. The van der Waals surface area contributed by atoms with Gasteiger partial charge in [-0.05, 0) is 38.6 Å². The van der Waals surface area contributed by atoms with Crippen molar-refractivity contribution >= 4 is 5.91 Å². The summed E-state index contributed by atoms with van der Waals surface area (Å²) >= 11 is 0. The molecule has 2 rings (SSSR count). The molecule has 1 atom stereocenters. The SMILES string of the molecule is NCCCOC1CCN(C(=O)[C@H]2CCCO2)CC1. The van der Waals surface area contributed by atoms with Gasteiger partial charge in [-0.15, -0.1) is 0 Å². The Morgan fingerprint density at radius 3 is 2.72 bits per heavy atom. The van der Waals surface area contributed by atoms with Crippen molar-refractivity contribution in [2.24, 2.45) is 5.73 Å². The number of likely N-dealkylation sites (tertiary alicyclic amines) is 1. The second kappa shape index (κ2) is 7.07. The molecule has 2 aliphatic rings. The Kier molecular flexibility index (Phi) is 5.41. The summed E-state index contributed by atoms with van der Waals surface area (Å²) in [7, 11) is 0. The summed E-state index contributed by atoms with van der Waals surface area (Å²) in [5.74, 6) is 0.174. The van der Waals surface area contributed by atoms with Crippen molar-refractivity contribution < 1.29 is 14.3 Å². The van der Waals surface area contributed by atoms with Crippen molar-refractivity contribution in [2.75, 3.05) is 32.8 Å². The molecule has 0 saturated carbocycles. The Balaban J connectivity index is 1.67. The lowest BCUT2D eigenvalue weighted by atomic mass is 10.1. The molecule has 0 bridgehead atoms. The van der Waals surface area contributed by atoms with Gasteiger partial charge in [0, 0.05) is 26.3 Å². The summed E-state index contributed by atoms with van der Waals surface area (Å²) < 4.78 is 11.2. The van der Waals surface area contributed by atoms with Crippen LogP contribution in [0.1, 0.15) is 32.1 Å². The number of nitrogens with two attached hydrogens (primary N) is 1. The Labute approximate surface area is 109 Å². The second-order valence-corrected chi connectivity index (χ2v) is 5.04. The van der Waals surface area contributed by atoms with E-state index < -0.39 is 0 Å². The molecule has 0 aliphatic carbocycles. The standard InChI is InChI=1S/C13H24N2O3/c14-6-2-10-17-11-4-7-15(8-5-11)13(16)12-3-1-9-18-12/h11-12H,1-10,14H2/t12-/m1/s1. The molecule has 5 heteroatoms. The van der Waals surface area contributed by atoms with E-state index in [-0.39, 0.29) is 12.0 Å². The van der Waals surface area contributed by atoms with Crippen LogP contribution in [0.4, 0.5) is 0 Å². The number of piperidine rings is 1. The number of hydrogen-bond acceptors (Lipinski definition) is 4. The van der Waals surface area contributed by atoms with E-state index in [0.29, 0.717) is 12.6 Å². The average Bonchev–Trinajstić information content (AvgIpc) is 2.93. The van der Waals surface area contributed by atoms with Crippen LogP contribution in [0.5, 0.6) is 0 Å². The van der Waals surface area contributed by atoms with E-state index in [2.05, 4.69) is 0 Å². The van der Waals surface area contributed by atoms with Gasteiger partial charge in [-0.3, -0.25) is 4.79 Å². The molecule has 0 spiro atoms. The van der Waals surface area contributed by atoms with Gasteiger partial charge >= 0.3 is 0 Å². The minimum atomic E-state index is -0.181. The van der Waals surface area contributed by atoms with Crippen LogP contribution in [-0.4, -0.2) is 55.9 Å². The van der Waals surface area contributed by atoms with Crippen LogP contribution in [-0.2, 0) is 14.3 Å². The number of amides is 1. The van der Waals surface area contributed by atoms with Crippen molar-refractivity contribution in [1.82, 2.24) is 4.90 Å². The topological polar surface area (TPSA) is 64.8 Å². The first-order chi connectivity index (χ1) is 8.81. The maximum Gasteiger partial charge on any atom is 0.251 e. The smallest absolute Gasteiger partial charge is 0.251 e. The van der Waals surface area contributed by atoms with Crippen LogP contribution < -0.4 is 5.73 Å². The third-order valence-corrected chi connectivity index (χ3v) is 3.66. The fourth-order valence-corrected chi connectivity index (χ4v) is 2.55. The fraction of sp³-hybridized carbons (Fsp3) is 0.923. The zero-order valence-corrected chi connectivity index (χ0v) is 11.0. The minimum absolute atomic E-state index is 0.174. The molecule has 0 aromatic rings. The summed E-state index contributed by atoms with van der Waals surface area (Å²) in [6.07, 6.45) is 4.78. The van der Waals surface area contributed by atoms with Gasteiger partial charge in [0.15, 0.2) is 0 Å². The lowest BCUT2D eigenvalue weighted by Gasteiger charge is -2.33. The van der Waals surface area contributed by atoms with Crippen molar-refractivity contribution in [2.45, 2.75) is 44.3 Å². The highest BCUT2D eigenvalue weighted by molar-refractivity contribution is 5.81. The van der Waals surface area contributed by atoms with Gasteiger partial charge < -0.3 is 20.1 Å². The molecule has 2 saturated heterocycles. The van der Waals surface area contributed by atoms with E-state index in [4.69, 9.17) is 15.2 Å². The molecular weight excluding hydrogens is 232 g/mol. The van der Waals surface area contributed by atoms with Gasteiger partial charge in [0.2, 0.25) is 0 Å². The first kappa shape index (κ1) is 13.8. The van der Waals surface area contributed by atoms with Crippen LogP contribution in [0.3, 0.4) is 0 Å². The summed E-state index contributed by atoms with van der Waals surface area (Å²) in [5.41, 5.74) is 5.43. The van der Waals surface area contributed by atoms with Crippen LogP contribution >= 0.6 is 0 Å². The quantitative estimate of drug-likeness (QED) is 0.728. The van der Waals surface area contributed by atoms with Crippen molar-refractivity contribution in [3.63, 3.8) is 0 Å². The van der Waals surface area contributed by atoms with Crippen LogP contribution in [0, 0.1) is 0 Å². The van der Waals surface area contributed by atoms with E-state index in [0.717, 1.165) is 58.4 Å². The van der Waals surface area contributed by atoms with E-state index in [1.807, 2.05) is 4.90 Å². The van der Waals surface area contributed by atoms with Crippen molar-refractivity contribution in [3.05, 3.63) is 0 Å². The highest BCUT2D eigenvalue weighted by atomic mass is 16.5. The third kappa shape index (κ3) is 3.67. The maximum atomic E-state index is 12.1. The first-order valence-electron chi connectivity index (χ1n) is 7.03. The highest BCUT2D eigenvalue weighted by Gasteiger charge is 2.30. The van der Waals surface area contributed by atoms with Gasteiger partial charge in [-0.1, -0.05) is 0 Å². The molecule has 1 amide bonds. The molecule has 0 aromatic heterocycles. The summed E-state index contributed by atoms with van der Waals surface area (Å²) in [5, 5.41) is 0. The van der Waals surface area contributed by atoms with E-state index >= 15 is 0 Å². The predicted octanol–water partition coefficient (Wildman–Crippen LogP) is 0.522. The summed E-state index contributed by atoms with van der Waals surface area (Å²) in [4.78, 5) is 14.0. The van der Waals surface area contributed by atoms with E-state index in [9.17, 15) is 4.79 Å². The lowest BCUT2D eigenvalue weighted by Crippen LogP contribution is -2.45.